The highest BCUT2D eigenvalue weighted by molar-refractivity contribution is 9.10. The largest absolute Gasteiger partial charge is 0.472 e. The van der Waals surface area contributed by atoms with Crippen LogP contribution in [0.25, 0.3) is 0 Å². The van der Waals surface area contributed by atoms with Gasteiger partial charge in [-0.25, -0.2) is 4.98 Å². The van der Waals surface area contributed by atoms with Gasteiger partial charge >= 0.3 is 0 Å². The molecular formula is C21H27BrN4O3. The van der Waals surface area contributed by atoms with E-state index in [9.17, 15) is 9.90 Å². The number of carbonyl (C=O) groups excluding carboxylic acids is 1. The molecule has 1 aliphatic heterocycles. The SMILES string of the molecule is C[C@H]1CN([C@@H](C)CO)C(=O)c2cc(Br)cnc2O[C@@H]1CN(C)Cc1ccncc1. The first-order valence-corrected chi connectivity index (χ1v) is 10.5. The molecule has 0 fully saturated rings. The van der Waals surface area contributed by atoms with Crippen LogP contribution in [0.5, 0.6) is 5.88 Å². The van der Waals surface area contributed by atoms with Gasteiger partial charge in [-0.1, -0.05) is 6.92 Å². The van der Waals surface area contributed by atoms with Crippen LogP contribution in [0.4, 0.5) is 0 Å². The van der Waals surface area contributed by atoms with E-state index in [2.05, 4.69) is 37.7 Å². The summed E-state index contributed by atoms with van der Waals surface area (Å²) in [5.41, 5.74) is 1.59. The first-order valence-electron chi connectivity index (χ1n) is 9.70. The minimum Gasteiger partial charge on any atom is -0.472 e. The number of amides is 1. The molecule has 8 heteroatoms. The molecule has 2 aromatic heterocycles. The molecule has 1 N–H and O–H groups in total. The quantitative estimate of drug-likeness (QED) is 0.710. The summed E-state index contributed by atoms with van der Waals surface area (Å²) >= 11 is 3.39. The van der Waals surface area contributed by atoms with Crippen LogP contribution in [0.1, 0.15) is 29.8 Å². The molecule has 3 heterocycles. The maximum Gasteiger partial charge on any atom is 0.259 e. The van der Waals surface area contributed by atoms with E-state index in [-0.39, 0.29) is 30.6 Å². The molecule has 3 rings (SSSR count). The average molecular weight is 463 g/mol. The molecule has 0 unspecified atom stereocenters. The van der Waals surface area contributed by atoms with Gasteiger partial charge in [0.15, 0.2) is 0 Å². The average Bonchev–Trinajstić information content (AvgIpc) is 2.71. The summed E-state index contributed by atoms with van der Waals surface area (Å²) in [5.74, 6) is 0.222. The van der Waals surface area contributed by atoms with Gasteiger partial charge < -0.3 is 14.7 Å². The van der Waals surface area contributed by atoms with Gasteiger partial charge in [0.25, 0.3) is 5.91 Å². The van der Waals surface area contributed by atoms with Gasteiger partial charge in [-0.05, 0) is 53.7 Å². The van der Waals surface area contributed by atoms with Crippen molar-refractivity contribution in [3.63, 3.8) is 0 Å². The number of rotatable bonds is 6. The van der Waals surface area contributed by atoms with Crippen LogP contribution in [-0.4, -0.2) is 69.7 Å². The highest BCUT2D eigenvalue weighted by Crippen LogP contribution is 2.28. The Kier molecular flexibility index (Phi) is 7.21. The molecule has 0 saturated heterocycles. The fraction of sp³-hybridized carbons (Fsp3) is 0.476. The molecule has 0 aliphatic carbocycles. The lowest BCUT2D eigenvalue weighted by Crippen LogP contribution is -2.49. The van der Waals surface area contributed by atoms with Crippen molar-refractivity contribution in [2.24, 2.45) is 5.92 Å². The third-order valence-corrected chi connectivity index (χ3v) is 5.61. The number of pyridine rings is 2. The van der Waals surface area contributed by atoms with E-state index in [1.807, 2.05) is 26.1 Å². The number of hydrogen-bond donors (Lipinski definition) is 1. The molecule has 0 aromatic carbocycles. The van der Waals surface area contributed by atoms with Crippen molar-refractivity contribution in [3.8, 4) is 5.88 Å². The third kappa shape index (κ3) is 5.32. The number of aliphatic hydroxyl groups excluding tert-OH is 1. The topological polar surface area (TPSA) is 78.8 Å². The zero-order chi connectivity index (χ0) is 21.0. The van der Waals surface area contributed by atoms with E-state index >= 15 is 0 Å². The number of aromatic nitrogens is 2. The lowest BCUT2D eigenvalue weighted by molar-refractivity contribution is 0.0325. The fourth-order valence-corrected chi connectivity index (χ4v) is 3.80. The smallest absolute Gasteiger partial charge is 0.259 e. The highest BCUT2D eigenvalue weighted by Gasteiger charge is 2.34. The highest BCUT2D eigenvalue weighted by atomic mass is 79.9. The number of likely N-dealkylation sites (N-methyl/N-ethyl adjacent to an activating group) is 1. The van der Waals surface area contributed by atoms with Crippen LogP contribution in [0.2, 0.25) is 0 Å². The van der Waals surface area contributed by atoms with Gasteiger partial charge in [-0.3, -0.25) is 14.7 Å². The summed E-state index contributed by atoms with van der Waals surface area (Å²) in [7, 11) is 2.05. The number of halogens is 1. The number of nitrogens with zero attached hydrogens (tertiary/aromatic N) is 4. The molecule has 0 spiro atoms. The Labute approximate surface area is 179 Å². The maximum absolute atomic E-state index is 13.1. The lowest BCUT2D eigenvalue weighted by atomic mass is 10.00. The zero-order valence-electron chi connectivity index (χ0n) is 17.0. The van der Waals surface area contributed by atoms with Crippen LogP contribution in [0, 0.1) is 5.92 Å². The molecule has 0 bridgehead atoms. The minimum atomic E-state index is -0.287. The molecular weight excluding hydrogens is 436 g/mol. The Hall–Kier alpha value is -2.03. The molecule has 156 valence electrons. The summed E-state index contributed by atoms with van der Waals surface area (Å²) in [5, 5.41) is 9.67. The summed E-state index contributed by atoms with van der Waals surface area (Å²) in [6.07, 6.45) is 5.05. The monoisotopic (exact) mass is 462 g/mol. The van der Waals surface area contributed by atoms with E-state index in [1.54, 1.807) is 29.6 Å². The predicted octanol–water partition coefficient (Wildman–Crippen LogP) is 2.59. The fourth-order valence-electron chi connectivity index (χ4n) is 3.47. The molecule has 7 nitrogen and oxygen atoms in total. The Morgan fingerprint density at radius 1 is 1.41 bits per heavy atom. The summed E-state index contributed by atoms with van der Waals surface area (Å²) in [6.45, 7) is 5.77. The predicted molar refractivity (Wildman–Crippen MR) is 114 cm³/mol. The van der Waals surface area contributed by atoms with E-state index < -0.39 is 0 Å². The van der Waals surface area contributed by atoms with Crippen LogP contribution in [0.3, 0.4) is 0 Å². The van der Waals surface area contributed by atoms with Crippen molar-refractivity contribution in [1.29, 1.82) is 0 Å². The number of carbonyl (C=O) groups is 1. The van der Waals surface area contributed by atoms with Crippen molar-refractivity contribution in [1.82, 2.24) is 19.8 Å². The van der Waals surface area contributed by atoms with E-state index in [4.69, 9.17) is 4.74 Å². The number of aliphatic hydroxyl groups is 1. The van der Waals surface area contributed by atoms with Gasteiger partial charge in [0.1, 0.15) is 11.7 Å². The van der Waals surface area contributed by atoms with E-state index in [0.29, 0.717) is 29.0 Å². The summed E-state index contributed by atoms with van der Waals surface area (Å²) < 4.78 is 6.96. The molecule has 0 radical (unpaired) electrons. The van der Waals surface area contributed by atoms with Crippen molar-refractivity contribution in [2.45, 2.75) is 32.5 Å². The van der Waals surface area contributed by atoms with Crippen molar-refractivity contribution < 1.29 is 14.6 Å². The first-order chi connectivity index (χ1) is 13.9. The normalized spacial score (nSPS) is 20.6. The Bertz CT molecular complexity index is 836. The van der Waals surface area contributed by atoms with E-state index in [0.717, 1.165) is 6.54 Å². The molecule has 1 aliphatic rings. The Balaban J connectivity index is 1.85. The molecule has 3 atom stereocenters. The van der Waals surface area contributed by atoms with Gasteiger partial charge in [-0.2, -0.15) is 0 Å². The number of hydrogen-bond acceptors (Lipinski definition) is 6. The van der Waals surface area contributed by atoms with Crippen molar-refractivity contribution in [2.75, 3.05) is 26.7 Å². The second-order valence-electron chi connectivity index (χ2n) is 7.68. The molecule has 0 saturated carbocycles. The van der Waals surface area contributed by atoms with Crippen LogP contribution in [-0.2, 0) is 6.54 Å². The minimum absolute atomic E-state index is 0.0615. The second kappa shape index (κ2) is 9.65. The van der Waals surface area contributed by atoms with Gasteiger partial charge in [0.05, 0.1) is 12.6 Å². The maximum atomic E-state index is 13.1. The third-order valence-electron chi connectivity index (χ3n) is 5.18. The van der Waals surface area contributed by atoms with Gasteiger partial charge in [0.2, 0.25) is 5.88 Å². The van der Waals surface area contributed by atoms with Gasteiger partial charge in [-0.15, -0.1) is 0 Å². The lowest BCUT2D eigenvalue weighted by Gasteiger charge is -2.37. The zero-order valence-corrected chi connectivity index (χ0v) is 18.5. The Morgan fingerprint density at radius 3 is 2.83 bits per heavy atom. The van der Waals surface area contributed by atoms with Crippen molar-refractivity contribution >= 4 is 21.8 Å². The standard InChI is InChI=1S/C21H27BrN4O3/c1-14-10-26(15(2)13-27)21(28)18-8-17(22)9-24-20(18)29-19(14)12-25(3)11-16-4-6-23-7-5-16/h4-9,14-15,19,27H,10-13H2,1-3H3/t14-,15-,19+/m0/s1. The van der Waals surface area contributed by atoms with Gasteiger partial charge in [0, 0.05) is 48.6 Å². The van der Waals surface area contributed by atoms with Crippen molar-refractivity contribution in [3.05, 3.63) is 52.4 Å². The van der Waals surface area contributed by atoms with Crippen LogP contribution in [0.15, 0.2) is 41.3 Å². The van der Waals surface area contributed by atoms with Crippen LogP contribution < -0.4 is 4.74 Å². The molecule has 1 amide bonds. The summed E-state index contributed by atoms with van der Waals surface area (Å²) in [6, 6.07) is 5.44. The molecule has 29 heavy (non-hydrogen) atoms. The number of fused-ring (bicyclic) bond motifs is 1. The first kappa shape index (κ1) is 21.7. The van der Waals surface area contributed by atoms with Crippen LogP contribution >= 0.6 is 15.9 Å². The van der Waals surface area contributed by atoms with E-state index in [1.165, 1.54) is 5.56 Å². The number of ether oxygens (including phenoxy) is 1. The molecule has 2 aromatic rings. The Morgan fingerprint density at radius 2 is 2.14 bits per heavy atom. The second-order valence-corrected chi connectivity index (χ2v) is 8.60. The summed E-state index contributed by atoms with van der Waals surface area (Å²) in [4.78, 5) is 25.4.